The average Bonchev–Trinajstić information content (AvgIpc) is 3.65. The molecule has 14 heteroatoms. The van der Waals surface area contributed by atoms with E-state index in [9.17, 15) is 29.1 Å². The van der Waals surface area contributed by atoms with Crippen molar-refractivity contribution >= 4 is 52.3 Å². The van der Waals surface area contributed by atoms with E-state index in [2.05, 4.69) is 31.6 Å². The lowest BCUT2D eigenvalue weighted by molar-refractivity contribution is -0.139. The van der Waals surface area contributed by atoms with Gasteiger partial charge in [-0.25, -0.2) is 14.6 Å². The first-order chi connectivity index (χ1) is 24.4. The third kappa shape index (κ3) is 10.3. The lowest BCUT2D eigenvalue weighted by Crippen LogP contribution is -2.41. The Kier molecular flexibility index (Phi) is 12.4. The van der Waals surface area contributed by atoms with Gasteiger partial charge in [-0.1, -0.05) is 51.5 Å². The summed E-state index contributed by atoms with van der Waals surface area (Å²) in [6.07, 6.45) is 5.28. The van der Waals surface area contributed by atoms with Crippen LogP contribution in [-0.4, -0.2) is 82.0 Å². The number of aliphatic carboxylic acids is 1. The normalized spacial score (nSPS) is 18.6. The summed E-state index contributed by atoms with van der Waals surface area (Å²) in [5, 5.41) is 25.5. The van der Waals surface area contributed by atoms with Crippen LogP contribution in [0.2, 0.25) is 0 Å². The number of benzene rings is 2. The summed E-state index contributed by atoms with van der Waals surface area (Å²) in [6.45, 7) is 6.60. The molecule has 0 saturated carbocycles. The van der Waals surface area contributed by atoms with E-state index >= 15 is 0 Å². The van der Waals surface area contributed by atoms with Crippen molar-refractivity contribution in [2.45, 2.75) is 82.7 Å². The lowest BCUT2D eigenvalue weighted by atomic mass is 9.88. The number of fused-ring (bicyclic) bond motifs is 2. The van der Waals surface area contributed by atoms with E-state index in [-0.39, 0.29) is 53.3 Å². The van der Waals surface area contributed by atoms with Crippen LogP contribution in [0.4, 0.5) is 4.79 Å². The van der Waals surface area contributed by atoms with Crippen LogP contribution >= 0.6 is 11.8 Å². The Morgan fingerprint density at radius 3 is 2.49 bits per heavy atom. The Bertz CT molecular complexity index is 1750. The molecule has 3 aromatic rings. The number of carboxylic acids is 1. The number of carbonyl (C=O) groups is 5. The second kappa shape index (κ2) is 16.9. The minimum atomic E-state index is -1.09. The first-order valence-electron chi connectivity index (χ1n) is 17.3. The highest BCUT2D eigenvalue weighted by Crippen LogP contribution is 2.33. The largest absolute Gasteiger partial charge is 0.480 e. The maximum Gasteiger partial charge on any atom is 0.326 e. The van der Waals surface area contributed by atoms with Crippen molar-refractivity contribution in [1.29, 1.82) is 0 Å². The molecule has 0 bridgehead atoms. The van der Waals surface area contributed by atoms with Crippen LogP contribution < -0.4 is 31.3 Å². The van der Waals surface area contributed by atoms with E-state index in [0.717, 1.165) is 25.0 Å². The van der Waals surface area contributed by atoms with Gasteiger partial charge in [-0.3, -0.25) is 14.4 Å². The lowest BCUT2D eigenvalue weighted by Gasteiger charge is -2.21. The number of hydrogen-bond acceptors (Lipinski definition) is 8. The Hall–Kier alpha value is -4.85. The van der Waals surface area contributed by atoms with E-state index < -0.39 is 17.9 Å². The summed E-state index contributed by atoms with van der Waals surface area (Å²) in [7, 11) is 0. The van der Waals surface area contributed by atoms with Crippen molar-refractivity contribution in [2.24, 2.45) is 5.41 Å². The number of urea groups is 1. The number of rotatable bonds is 16. The van der Waals surface area contributed by atoms with Gasteiger partial charge in [-0.05, 0) is 54.7 Å². The molecule has 2 saturated heterocycles. The van der Waals surface area contributed by atoms with Gasteiger partial charge < -0.3 is 36.4 Å². The number of carboxylic acid groups (broad SMARTS) is 1. The van der Waals surface area contributed by atoms with E-state index in [1.54, 1.807) is 24.3 Å². The van der Waals surface area contributed by atoms with Gasteiger partial charge in [0.1, 0.15) is 11.8 Å². The van der Waals surface area contributed by atoms with Crippen LogP contribution in [0.15, 0.2) is 54.7 Å². The van der Waals surface area contributed by atoms with Crippen LogP contribution in [0.1, 0.15) is 80.0 Å². The molecule has 272 valence electrons. The van der Waals surface area contributed by atoms with Gasteiger partial charge in [-0.2, -0.15) is 11.8 Å². The smallest absolute Gasteiger partial charge is 0.326 e. The maximum absolute atomic E-state index is 13.1. The number of pyridine rings is 1. The molecule has 0 unspecified atom stereocenters. The van der Waals surface area contributed by atoms with E-state index in [1.807, 2.05) is 44.7 Å². The van der Waals surface area contributed by atoms with E-state index in [1.165, 1.54) is 18.3 Å². The number of thioether (sulfide) groups is 1. The molecule has 2 fully saturated rings. The number of nitrogens with one attached hydrogen (secondary N) is 5. The van der Waals surface area contributed by atoms with Crippen LogP contribution in [0.5, 0.6) is 11.6 Å². The molecule has 2 aliphatic rings. The highest BCUT2D eigenvalue weighted by Gasteiger charge is 2.42. The monoisotopic (exact) mass is 718 g/mol. The Morgan fingerprint density at radius 2 is 1.75 bits per heavy atom. The number of aromatic nitrogens is 1. The maximum atomic E-state index is 13.1. The molecule has 13 nitrogen and oxygen atoms in total. The zero-order valence-electron chi connectivity index (χ0n) is 29.1. The van der Waals surface area contributed by atoms with Crippen molar-refractivity contribution in [3.63, 3.8) is 0 Å². The molecule has 0 spiro atoms. The molecule has 2 aliphatic heterocycles. The van der Waals surface area contributed by atoms with Crippen molar-refractivity contribution in [2.75, 3.05) is 18.8 Å². The summed E-state index contributed by atoms with van der Waals surface area (Å²) in [5.41, 5.74) is 0.582. The highest BCUT2D eigenvalue weighted by molar-refractivity contribution is 8.00. The minimum absolute atomic E-state index is 0.0631. The van der Waals surface area contributed by atoms with Crippen molar-refractivity contribution in [3.8, 4) is 11.6 Å². The SMILES string of the molecule is CC(C)(C)CC[C@H](NC(=O)c1ccc(Oc2cccc3c(C(=O)NCCNC(=O)CCCC[C@@H]4SC[C@@H]5NC(=O)N[C@@H]54)cccc23)nc1)C(=O)O. The molecule has 4 atom stereocenters. The van der Waals surface area contributed by atoms with Gasteiger partial charge in [0, 0.05) is 53.7 Å². The minimum Gasteiger partial charge on any atom is -0.480 e. The summed E-state index contributed by atoms with van der Waals surface area (Å²) >= 11 is 1.87. The van der Waals surface area contributed by atoms with Gasteiger partial charge in [-0.15, -0.1) is 0 Å². The fraction of sp³-hybridized carbons (Fsp3) is 0.459. The first-order valence-corrected chi connectivity index (χ1v) is 18.4. The molecular weight excluding hydrogens is 673 g/mol. The van der Waals surface area contributed by atoms with Crippen LogP contribution in [0.3, 0.4) is 0 Å². The van der Waals surface area contributed by atoms with Crippen LogP contribution in [0, 0.1) is 5.41 Å². The standard InChI is InChI=1S/C37H46N6O7S/c1-37(2,3)17-16-26(35(47)48)41-33(45)22-14-15-31(40-20-22)50-28-11-7-8-23-24(28)9-6-10-25(23)34(46)39-19-18-38-30(44)13-5-4-12-29-32-27(21-51-29)42-36(49)43-32/h6-11,14-15,20,26-27,29,32H,4-5,12-13,16-19,21H2,1-3H3,(H,38,44)(H,39,46)(H,41,45)(H,47,48)(H2,42,43,49)/t26-,27-,29-,32-/m0/s1. The second-order valence-corrected chi connectivity index (χ2v) is 15.4. The molecule has 0 radical (unpaired) electrons. The zero-order chi connectivity index (χ0) is 36.5. The summed E-state index contributed by atoms with van der Waals surface area (Å²) in [5.74, 6) is -0.383. The molecular formula is C37H46N6O7S. The Balaban J connectivity index is 1.07. The van der Waals surface area contributed by atoms with Crippen molar-refractivity contribution in [3.05, 3.63) is 65.9 Å². The van der Waals surface area contributed by atoms with Gasteiger partial charge in [0.2, 0.25) is 11.8 Å². The first kappa shape index (κ1) is 37.4. The highest BCUT2D eigenvalue weighted by atomic mass is 32.2. The second-order valence-electron chi connectivity index (χ2n) is 14.1. The molecule has 3 heterocycles. The molecule has 0 aliphatic carbocycles. The number of amides is 5. The zero-order valence-corrected chi connectivity index (χ0v) is 29.9. The van der Waals surface area contributed by atoms with Crippen LogP contribution in [0.25, 0.3) is 10.8 Å². The number of nitrogens with zero attached hydrogens (tertiary/aromatic N) is 1. The quantitative estimate of drug-likeness (QED) is 0.0909. The molecule has 51 heavy (non-hydrogen) atoms. The molecule has 5 rings (SSSR count). The fourth-order valence-corrected chi connectivity index (χ4v) is 7.71. The predicted octanol–water partition coefficient (Wildman–Crippen LogP) is 4.61. The Labute approximate surface area is 301 Å². The average molecular weight is 719 g/mol. The molecule has 1 aromatic heterocycles. The molecule has 2 aromatic carbocycles. The van der Waals surface area contributed by atoms with Gasteiger partial charge in [0.05, 0.1) is 17.6 Å². The fourth-order valence-electron chi connectivity index (χ4n) is 6.17. The number of unbranched alkanes of at least 4 members (excludes halogenated alkanes) is 1. The van der Waals surface area contributed by atoms with Crippen molar-refractivity contribution in [1.82, 2.24) is 31.6 Å². The molecule has 6 N–H and O–H groups in total. The molecule has 5 amide bonds. The van der Waals surface area contributed by atoms with Crippen LogP contribution in [-0.2, 0) is 9.59 Å². The van der Waals surface area contributed by atoms with E-state index in [4.69, 9.17) is 4.74 Å². The number of hydrogen-bond donors (Lipinski definition) is 6. The number of carbonyl (C=O) groups excluding carboxylic acids is 4. The number of ether oxygens (including phenoxy) is 1. The van der Waals surface area contributed by atoms with Gasteiger partial charge in [0.15, 0.2) is 0 Å². The summed E-state index contributed by atoms with van der Waals surface area (Å²) < 4.78 is 6.04. The predicted molar refractivity (Wildman–Crippen MR) is 195 cm³/mol. The van der Waals surface area contributed by atoms with Gasteiger partial charge in [0.25, 0.3) is 11.8 Å². The third-order valence-electron chi connectivity index (χ3n) is 8.94. The van der Waals surface area contributed by atoms with E-state index in [0.29, 0.717) is 53.1 Å². The van der Waals surface area contributed by atoms with Gasteiger partial charge >= 0.3 is 12.0 Å². The summed E-state index contributed by atoms with van der Waals surface area (Å²) in [4.78, 5) is 65.8. The van der Waals surface area contributed by atoms with Crippen molar-refractivity contribution < 1.29 is 33.8 Å². The topological polar surface area (TPSA) is 188 Å². The third-order valence-corrected chi connectivity index (χ3v) is 10.4. The Morgan fingerprint density at radius 1 is 0.980 bits per heavy atom. The summed E-state index contributed by atoms with van der Waals surface area (Å²) in [6, 6.07) is 13.0.